The Kier molecular flexibility index (Phi) is 9.18. The van der Waals surface area contributed by atoms with Crippen LogP contribution in [0.4, 0.5) is 0 Å². The van der Waals surface area contributed by atoms with E-state index in [2.05, 4.69) is 13.8 Å². The molecule has 3 rings (SSSR count). The molecule has 0 radical (unpaired) electrons. The number of unbranched alkanes of at least 4 members (excludes halogenated alkanes) is 1. The normalized spacial score (nSPS) is 36.8. The van der Waals surface area contributed by atoms with Crippen LogP contribution in [0.3, 0.4) is 0 Å². The van der Waals surface area contributed by atoms with Crippen molar-refractivity contribution in [2.24, 2.45) is 29.6 Å². The van der Waals surface area contributed by atoms with Crippen molar-refractivity contribution in [2.75, 3.05) is 0 Å². The van der Waals surface area contributed by atoms with Gasteiger partial charge in [-0.05, 0) is 100 Å². The molecule has 3 aliphatic carbocycles. The van der Waals surface area contributed by atoms with Gasteiger partial charge in [-0.1, -0.05) is 46.0 Å². The molecule has 2 heteroatoms. The van der Waals surface area contributed by atoms with E-state index in [4.69, 9.17) is 4.74 Å². The monoisotopic (exact) mass is 390 g/mol. The van der Waals surface area contributed by atoms with E-state index < -0.39 is 0 Å². The first kappa shape index (κ1) is 22.2. The molecule has 0 aromatic heterocycles. The van der Waals surface area contributed by atoms with Crippen molar-refractivity contribution in [3.63, 3.8) is 0 Å². The maximum atomic E-state index is 11.9. The predicted molar refractivity (Wildman–Crippen MR) is 117 cm³/mol. The molecule has 0 unspecified atom stereocenters. The zero-order valence-corrected chi connectivity index (χ0v) is 18.8. The minimum Gasteiger partial charge on any atom is -0.462 e. The van der Waals surface area contributed by atoms with Gasteiger partial charge in [-0.3, -0.25) is 4.79 Å². The summed E-state index contributed by atoms with van der Waals surface area (Å²) >= 11 is 0. The summed E-state index contributed by atoms with van der Waals surface area (Å²) in [5.74, 6) is 4.86. The van der Waals surface area contributed by atoms with Crippen LogP contribution in [0.25, 0.3) is 0 Å². The van der Waals surface area contributed by atoms with Gasteiger partial charge in [-0.25, -0.2) is 0 Å². The summed E-state index contributed by atoms with van der Waals surface area (Å²) in [4.78, 5) is 11.9. The van der Waals surface area contributed by atoms with Crippen LogP contribution in [-0.2, 0) is 9.53 Å². The van der Waals surface area contributed by atoms with Crippen LogP contribution in [-0.4, -0.2) is 12.1 Å². The molecule has 0 amide bonds. The zero-order chi connectivity index (χ0) is 19.8. The number of ether oxygens (including phenoxy) is 1. The molecule has 0 aromatic carbocycles. The SMILES string of the molecule is CCCC[C@H]1CC[C@H](C2CCC([C@H]3CCC[C@@H](OC(=O)CCC)C3)CC2)CC1. The lowest BCUT2D eigenvalue weighted by atomic mass is 9.65. The van der Waals surface area contributed by atoms with Crippen molar-refractivity contribution in [1.29, 1.82) is 0 Å². The highest BCUT2D eigenvalue weighted by molar-refractivity contribution is 5.69. The second-order valence-electron chi connectivity index (χ2n) is 10.4. The van der Waals surface area contributed by atoms with Crippen LogP contribution in [0.2, 0.25) is 0 Å². The van der Waals surface area contributed by atoms with Crippen LogP contribution in [0.1, 0.15) is 123 Å². The summed E-state index contributed by atoms with van der Waals surface area (Å²) in [5, 5.41) is 0. The van der Waals surface area contributed by atoms with Crippen LogP contribution < -0.4 is 0 Å². The molecular weight excluding hydrogens is 344 g/mol. The van der Waals surface area contributed by atoms with Gasteiger partial charge in [0.05, 0.1) is 0 Å². The van der Waals surface area contributed by atoms with Gasteiger partial charge in [-0.15, -0.1) is 0 Å². The molecule has 0 heterocycles. The average molecular weight is 391 g/mol. The van der Waals surface area contributed by atoms with E-state index in [1.54, 1.807) is 0 Å². The van der Waals surface area contributed by atoms with Crippen LogP contribution in [0.5, 0.6) is 0 Å². The smallest absolute Gasteiger partial charge is 0.306 e. The molecule has 0 spiro atoms. The Morgan fingerprint density at radius 2 is 1.36 bits per heavy atom. The third kappa shape index (κ3) is 6.49. The molecule has 162 valence electrons. The summed E-state index contributed by atoms with van der Waals surface area (Å²) in [7, 11) is 0. The zero-order valence-electron chi connectivity index (χ0n) is 18.8. The number of hydrogen-bond acceptors (Lipinski definition) is 2. The van der Waals surface area contributed by atoms with Crippen molar-refractivity contribution in [1.82, 2.24) is 0 Å². The number of hydrogen-bond donors (Lipinski definition) is 0. The first-order chi connectivity index (χ1) is 13.7. The molecule has 0 bridgehead atoms. The molecule has 3 saturated carbocycles. The topological polar surface area (TPSA) is 26.3 Å². The second kappa shape index (κ2) is 11.6. The van der Waals surface area contributed by atoms with E-state index in [1.165, 1.54) is 83.5 Å². The third-order valence-electron chi connectivity index (χ3n) is 8.43. The largest absolute Gasteiger partial charge is 0.462 e. The van der Waals surface area contributed by atoms with Crippen molar-refractivity contribution in [3.8, 4) is 0 Å². The van der Waals surface area contributed by atoms with Crippen LogP contribution >= 0.6 is 0 Å². The Morgan fingerprint density at radius 3 is 1.96 bits per heavy atom. The Labute approximate surface area is 174 Å². The summed E-state index contributed by atoms with van der Waals surface area (Å²) in [6.45, 7) is 4.38. The van der Waals surface area contributed by atoms with Gasteiger partial charge in [0.15, 0.2) is 0 Å². The molecule has 0 aliphatic heterocycles. The molecular formula is C26H46O2. The number of carbonyl (C=O) groups excluding carboxylic acids is 1. The van der Waals surface area contributed by atoms with E-state index in [1.807, 2.05) is 0 Å². The predicted octanol–water partition coefficient (Wildman–Crippen LogP) is 7.69. The van der Waals surface area contributed by atoms with E-state index in [9.17, 15) is 4.79 Å². The summed E-state index contributed by atoms with van der Waals surface area (Å²) in [6.07, 6.45) is 22.8. The van der Waals surface area contributed by atoms with E-state index in [0.717, 1.165) is 48.9 Å². The standard InChI is InChI=1S/C26H46O2/c1-3-5-8-20-11-13-21(14-12-20)22-15-17-23(18-16-22)24-9-6-10-25(19-24)28-26(27)7-4-2/h20-25H,3-19H2,1-2H3/t20-,21-,22?,23?,24-,25+/m0/s1. The maximum Gasteiger partial charge on any atom is 0.306 e. The van der Waals surface area contributed by atoms with Gasteiger partial charge in [0.2, 0.25) is 0 Å². The molecule has 2 atom stereocenters. The Hall–Kier alpha value is -0.530. The Balaban J connectivity index is 1.37. The van der Waals surface area contributed by atoms with Gasteiger partial charge < -0.3 is 4.74 Å². The first-order valence-corrected chi connectivity index (χ1v) is 12.9. The summed E-state index contributed by atoms with van der Waals surface area (Å²) in [6, 6.07) is 0. The lowest BCUT2D eigenvalue weighted by molar-refractivity contribution is -0.151. The van der Waals surface area contributed by atoms with Crippen LogP contribution in [0, 0.1) is 29.6 Å². The lowest BCUT2D eigenvalue weighted by Crippen LogP contribution is -2.32. The Bertz CT molecular complexity index is 443. The fourth-order valence-corrected chi connectivity index (χ4v) is 6.69. The maximum absolute atomic E-state index is 11.9. The number of esters is 1. The molecule has 3 aliphatic rings. The second-order valence-corrected chi connectivity index (χ2v) is 10.4. The van der Waals surface area contributed by atoms with Crippen molar-refractivity contribution in [3.05, 3.63) is 0 Å². The van der Waals surface area contributed by atoms with Gasteiger partial charge in [0.25, 0.3) is 0 Å². The minimum atomic E-state index is 0.0337. The molecule has 2 nitrogen and oxygen atoms in total. The van der Waals surface area contributed by atoms with Gasteiger partial charge >= 0.3 is 5.97 Å². The molecule has 0 aromatic rings. The van der Waals surface area contributed by atoms with E-state index in [0.29, 0.717) is 6.42 Å². The van der Waals surface area contributed by atoms with Gasteiger partial charge in [-0.2, -0.15) is 0 Å². The first-order valence-electron chi connectivity index (χ1n) is 12.9. The summed E-state index contributed by atoms with van der Waals surface area (Å²) < 4.78 is 5.77. The van der Waals surface area contributed by atoms with Crippen molar-refractivity contribution in [2.45, 2.75) is 129 Å². The van der Waals surface area contributed by atoms with E-state index in [-0.39, 0.29) is 12.1 Å². The number of rotatable bonds is 8. The summed E-state index contributed by atoms with van der Waals surface area (Å²) in [5.41, 5.74) is 0. The quantitative estimate of drug-likeness (QED) is 0.397. The highest BCUT2D eigenvalue weighted by Gasteiger charge is 2.35. The van der Waals surface area contributed by atoms with Gasteiger partial charge in [0.1, 0.15) is 6.10 Å². The highest BCUT2D eigenvalue weighted by atomic mass is 16.5. The fourth-order valence-electron chi connectivity index (χ4n) is 6.69. The molecule has 28 heavy (non-hydrogen) atoms. The Morgan fingerprint density at radius 1 is 0.750 bits per heavy atom. The number of carbonyl (C=O) groups is 1. The van der Waals surface area contributed by atoms with Crippen molar-refractivity contribution >= 4 is 5.97 Å². The highest BCUT2D eigenvalue weighted by Crippen LogP contribution is 2.46. The molecule has 0 saturated heterocycles. The lowest BCUT2D eigenvalue weighted by Gasteiger charge is -2.41. The van der Waals surface area contributed by atoms with Crippen molar-refractivity contribution < 1.29 is 9.53 Å². The minimum absolute atomic E-state index is 0.0337. The molecule has 0 N–H and O–H groups in total. The van der Waals surface area contributed by atoms with Crippen LogP contribution in [0.15, 0.2) is 0 Å². The average Bonchev–Trinajstić information content (AvgIpc) is 2.73. The third-order valence-corrected chi connectivity index (χ3v) is 8.43. The molecule has 3 fully saturated rings. The fraction of sp³-hybridized carbons (Fsp3) is 0.962. The van der Waals surface area contributed by atoms with E-state index >= 15 is 0 Å². The van der Waals surface area contributed by atoms with Gasteiger partial charge in [0, 0.05) is 6.42 Å².